The number of fused-ring (bicyclic) bond motifs is 1. The van der Waals surface area contributed by atoms with Crippen LogP contribution in [0.1, 0.15) is 96.6 Å². The van der Waals surface area contributed by atoms with Gasteiger partial charge < -0.3 is 5.11 Å². The summed E-state index contributed by atoms with van der Waals surface area (Å²) in [5, 5.41) is 12.3. The van der Waals surface area contributed by atoms with E-state index in [2.05, 4.69) is 214 Å². The molecule has 318 valence electrons. The largest absolute Gasteiger partial charge is 0.507 e. The summed E-state index contributed by atoms with van der Waals surface area (Å²) in [6.45, 7) is 24.3. The van der Waals surface area contributed by atoms with Crippen LogP contribution in [0.5, 0.6) is 5.75 Å². The number of rotatable bonds is 8. The molecule has 0 aliphatic carbocycles. The molecule has 0 atom stereocenters. The van der Waals surface area contributed by atoms with E-state index in [1.54, 1.807) is 0 Å². The standard InChI is InChI=1S/C57H58N3O.Pt/c1-12-57(10,11)43-25-26-50(46(35-43)39-17-14-13-15-18-39)60-51-20-16-19-45(52(51)59-54(60)47-29-37(3)30-48(53(47)61)56(7,8)9)41-31-42(33-44(32-41)55(4,5)6)49-34-40(27-28-58-49)38-23-21-36(2)22-24-38;/h13-30,32-35,61H,12H2,1-11H3;/q-1;. The van der Waals surface area contributed by atoms with Crippen molar-refractivity contribution in [2.45, 2.75) is 98.8 Å². The van der Waals surface area contributed by atoms with Gasteiger partial charge >= 0.3 is 0 Å². The fourth-order valence-corrected chi connectivity index (χ4v) is 8.26. The Morgan fingerprint density at radius 2 is 1.31 bits per heavy atom. The normalized spacial score (nSPS) is 12.1. The van der Waals surface area contributed by atoms with E-state index in [1.165, 1.54) is 16.7 Å². The fraction of sp³-hybridized carbons (Fsp3) is 0.263. The molecule has 8 rings (SSSR count). The smallest absolute Gasteiger partial charge is 0.148 e. The van der Waals surface area contributed by atoms with Crippen LogP contribution >= 0.6 is 0 Å². The van der Waals surface area contributed by atoms with Gasteiger partial charge in [0.25, 0.3) is 0 Å². The first-order valence-corrected chi connectivity index (χ1v) is 21.6. The first-order chi connectivity index (χ1) is 28.9. The molecule has 0 amide bonds. The first-order valence-electron chi connectivity index (χ1n) is 21.6. The molecule has 2 aromatic heterocycles. The van der Waals surface area contributed by atoms with Crippen molar-refractivity contribution in [3.05, 3.63) is 167 Å². The Morgan fingerprint density at radius 3 is 1.98 bits per heavy atom. The zero-order valence-electron chi connectivity index (χ0n) is 38.0. The van der Waals surface area contributed by atoms with E-state index in [4.69, 9.17) is 9.97 Å². The Hall–Kier alpha value is -5.57. The van der Waals surface area contributed by atoms with E-state index < -0.39 is 0 Å². The molecule has 4 nitrogen and oxygen atoms in total. The van der Waals surface area contributed by atoms with Gasteiger partial charge in [0.15, 0.2) is 0 Å². The number of benzene rings is 6. The van der Waals surface area contributed by atoms with Crippen molar-refractivity contribution in [2.24, 2.45) is 0 Å². The molecule has 0 saturated carbocycles. The molecule has 2 heterocycles. The molecule has 0 aliphatic rings. The van der Waals surface area contributed by atoms with E-state index in [-0.39, 0.29) is 43.1 Å². The minimum absolute atomic E-state index is 0. The molecule has 6 aromatic carbocycles. The van der Waals surface area contributed by atoms with Crippen LogP contribution in [0, 0.1) is 19.9 Å². The topological polar surface area (TPSA) is 50.9 Å². The van der Waals surface area contributed by atoms with Crippen LogP contribution in [0.3, 0.4) is 0 Å². The number of phenolic OH excluding ortho intramolecular Hbond substituents is 1. The molecular formula is C57H58N3OPt-. The second-order valence-corrected chi connectivity index (χ2v) is 19.5. The van der Waals surface area contributed by atoms with Crippen molar-refractivity contribution < 1.29 is 26.2 Å². The molecule has 0 unspecified atom stereocenters. The summed E-state index contributed by atoms with van der Waals surface area (Å²) in [5.74, 6) is 0.942. The number of pyridine rings is 1. The van der Waals surface area contributed by atoms with E-state index >= 15 is 0 Å². The van der Waals surface area contributed by atoms with Crippen LogP contribution in [0.2, 0.25) is 0 Å². The summed E-state index contributed by atoms with van der Waals surface area (Å²) in [6.07, 6.45) is 2.90. The molecule has 0 aliphatic heterocycles. The SMILES string of the molecule is CCC(C)(C)c1ccc(-n2c(-c3cc(C)cc(C(C)(C)C)c3O)nc3c(-c4[c-]c(-c5cc(-c6ccc(C)cc6)ccn5)cc(C(C)(C)C)c4)cccc32)c(-c2ccccc2)c1.[Pt]. The zero-order valence-corrected chi connectivity index (χ0v) is 40.3. The van der Waals surface area contributed by atoms with E-state index in [0.29, 0.717) is 11.4 Å². The van der Waals surface area contributed by atoms with Gasteiger partial charge in [0.1, 0.15) is 11.6 Å². The predicted molar refractivity (Wildman–Crippen MR) is 257 cm³/mol. The van der Waals surface area contributed by atoms with Gasteiger partial charge in [-0.3, -0.25) is 9.55 Å². The number of aromatic nitrogens is 3. The number of hydrogen-bond donors (Lipinski definition) is 1. The maximum absolute atomic E-state index is 12.3. The average Bonchev–Trinajstić information content (AvgIpc) is 3.63. The Labute approximate surface area is 383 Å². The first kappa shape index (κ1) is 44.5. The van der Waals surface area contributed by atoms with Crippen molar-refractivity contribution in [3.8, 4) is 67.5 Å². The number of para-hydroxylation sites is 1. The van der Waals surface area contributed by atoms with Crippen molar-refractivity contribution in [1.82, 2.24) is 14.5 Å². The molecule has 0 radical (unpaired) electrons. The van der Waals surface area contributed by atoms with Crippen LogP contribution in [-0.4, -0.2) is 19.6 Å². The summed E-state index contributed by atoms with van der Waals surface area (Å²) in [7, 11) is 0. The summed E-state index contributed by atoms with van der Waals surface area (Å²) in [4.78, 5) is 10.5. The third kappa shape index (κ3) is 8.60. The van der Waals surface area contributed by atoms with Crippen molar-refractivity contribution in [3.63, 3.8) is 0 Å². The Bertz CT molecular complexity index is 2910. The van der Waals surface area contributed by atoms with Crippen LogP contribution < -0.4 is 0 Å². The summed E-state index contributed by atoms with van der Waals surface area (Å²) in [5.41, 5.74) is 16.9. The Kier molecular flexibility index (Phi) is 12.2. The number of aryl methyl sites for hydroxylation is 2. The van der Waals surface area contributed by atoms with E-state index in [9.17, 15) is 5.11 Å². The Balaban J connectivity index is 0.00000578. The van der Waals surface area contributed by atoms with Gasteiger partial charge in [-0.05, 0) is 94.7 Å². The molecule has 0 spiro atoms. The van der Waals surface area contributed by atoms with Crippen LogP contribution in [-0.2, 0) is 37.3 Å². The number of aromatic hydroxyl groups is 1. The third-order valence-electron chi connectivity index (χ3n) is 12.4. The van der Waals surface area contributed by atoms with Crippen molar-refractivity contribution in [2.75, 3.05) is 0 Å². The van der Waals surface area contributed by atoms with Gasteiger partial charge in [-0.15, -0.1) is 29.3 Å². The fourth-order valence-electron chi connectivity index (χ4n) is 8.26. The minimum atomic E-state index is -0.293. The van der Waals surface area contributed by atoms with Gasteiger partial charge in [0.05, 0.1) is 22.3 Å². The van der Waals surface area contributed by atoms with Crippen LogP contribution in [0.15, 0.2) is 134 Å². The number of nitrogens with zero attached hydrogens (tertiary/aromatic N) is 3. The van der Waals surface area contributed by atoms with E-state index in [0.717, 1.165) is 78.9 Å². The third-order valence-corrected chi connectivity index (χ3v) is 12.4. The van der Waals surface area contributed by atoms with Gasteiger partial charge in [-0.1, -0.05) is 164 Å². The summed E-state index contributed by atoms with van der Waals surface area (Å²) >= 11 is 0. The quantitative estimate of drug-likeness (QED) is 0.154. The summed E-state index contributed by atoms with van der Waals surface area (Å²) < 4.78 is 2.27. The molecule has 0 saturated heterocycles. The number of imidazole rings is 1. The summed E-state index contributed by atoms with van der Waals surface area (Å²) in [6, 6.07) is 49.3. The van der Waals surface area contributed by atoms with Crippen LogP contribution in [0.4, 0.5) is 0 Å². The molecule has 8 aromatic rings. The monoisotopic (exact) mass is 995 g/mol. The van der Waals surface area contributed by atoms with E-state index in [1.807, 2.05) is 6.20 Å². The minimum Gasteiger partial charge on any atom is -0.507 e. The molecule has 0 bridgehead atoms. The zero-order chi connectivity index (χ0) is 43.4. The molecule has 5 heteroatoms. The van der Waals surface area contributed by atoms with Gasteiger partial charge in [-0.2, -0.15) is 0 Å². The Morgan fingerprint density at radius 1 is 0.597 bits per heavy atom. The average molecular weight is 996 g/mol. The molecule has 0 fully saturated rings. The maximum Gasteiger partial charge on any atom is 0.148 e. The second-order valence-electron chi connectivity index (χ2n) is 19.5. The van der Waals surface area contributed by atoms with Crippen molar-refractivity contribution in [1.29, 1.82) is 0 Å². The van der Waals surface area contributed by atoms with Gasteiger partial charge in [0, 0.05) is 44.1 Å². The van der Waals surface area contributed by atoms with Gasteiger partial charge in [-0.25, -0.2) is 4.98 Å². The van der Waals surface area contributed by atoms with Crippen LogP contribution in [0.25, 0.3) is 72.7 Å². The number of hydrogen-bond acceptors (Lipinski definition) is 3. The second kappa shape index (κ2) is 16.9. The number of phenols is 1. The molecular weight excluding hydrogens is 938 g/mol. The predicted octanol–water partition coefficient (Wildman–Crippen LogP) is 15.2. The van der Waals surface area contributed by atoms with Crippen molar-refractivity contribution >= 4 is 11.0 Å². The molecule has 1 N–H and O–H groups in total. The van der Waals surface area contributed by atoms with Gasteiger partial charge in [0.2, 0.25) is 0 Å². The maximum atomic E-state index is 12.3. The molecule has 62 heavy (non-hydrogen) atoms.